The molecule has 3 heterocycles. The Morgan fingerprint density at radius 2 is 1.97 bits per heavy atom. The first-order valence-corrected chi connectivity index (χ1v) is 11.5. The first-order valence-electron chi connectivity index (χ1n) is 11.5. The molecule has 1 fully saturated rings. The summed E-state index contributed by atoms with van der Waals surface area (Å²) in [6, 6.07) is 15.0. The molecule has 2 aliphatic rings. The van der Waals surface area contributed by atoms with Gasteiger partial charge in [-0.05, 0) is 35.7 Å². The first-order chi connectivity index (χ1) is 16.8. The van der Waals surface area contributed by atoms with Crippen LogP contribution < -0.4 is 5.32 Å². The molecule has 0 radical (unpaired) electrons. The number of Topliss-reactive ketones (excluding diaryl/α,β-unsaturated/α-hetero) is 2. The average molecular weight is 466 g/mol. The van der Waals surface area contributed by atoms with E-state index < -0.39 is 5.41 Å². The van der Waals surface area contributed by atoms with Gasteiger partial charge >= 0.3 is 0 Å². The van der Waals surface area contributed by atoms with E-state index in [1.54, 1.807) is 42.3 Å². The highest BCUT2D eigenvalue weighted by molar-refractivity contribution is 6.21. The van der Waals surface area contributed by atoms with Crippen molar-refractivity contribution in [3.8, 4) is 11.3 Å². The van der Waals surface area contributed by atoms with E-state index in [9.17, 15) is 14.4 Å². The lowest BCUT2D eigenvalue weighted by atomic mass is 9.83. The maximum Gasteiger partial charge on any atom is 0.277 e. The maximum atomic E-state index is 13.4. The molecule has 174 valence electrons. The smallest absolute Gasteiger partial charge is 0.277 e. The van der Waals surface area contributed by atoms with Crippen LogP contribution in [0, 0.1) is 11.3 Å². The van der Waals surface area contributed by atoms with Crippen LogP contribution in [-0.2, 0) is 13.5 Å². The summed E-state index contributed by atoms with van der Waals surface area (Å²) in [5, 5.41) is 6.90. The SMILES string of the molecule is Cn1ccc(C(=O)Nc2cc(-c3[nH]c4c(c3Cc3ccccc3)C(=O)[C@H]3C[C@@]3(C)C4=O)ccn2)n1. The van der Waals surface area contributed by atoms with Gasteiger partial charge in [0.1, 0.15) is 5.82 Å². The lowest BCUT2D eigenvalue weighted by molar-refractivity contribution is 0.0820. The molecule has 2 N–H and O–H groups in total. The van der Waals surface area contributed by atoms with Gasteiger partial charge in [-0.1, -0.05) is 37.3 Å². The summed E-state index contributed by atoms with van der Waals surface area (Å²) in [5.41, 5.74) is 3.84. The van der Waals surface area contributed by atoms with Crippen molar-refractivity contribution in [2.75, 3.05) is 5.32 Å². The van der Waals surface area contributed by atoms with E-state index in [0.29, 0.717) is 35.6 Å². The fourth-order valence-electron chi connectivity index (χ4n) is 5.03. The molecule has 0 unspecified atom stereocenters. The number of aromatic nitrogens is 4. The van der Waals surface area contributed by atoms with E-state index in [0.717, 1.165) is 16.7 Å². The van der Waals surface area contributed by atoms with Crippen LogP contribution in [0.1, 0.15) is 55.8 Å². The van der Waals surface area contributed by atoms with Gasteiger partial charge in [0.25, 0.3) is 5.91 Å². The highest BCUT2D eigenvalue weighted by Gasteiger charge is 2.64. The zero-order valence-corrected chi connectivity index (χ0v) is 19.3. The molecule has 2 aliphatic carbocycles. The number of hydrogen-bond donors (Lipinski definition) is 2. The summed E-state index contributed by atoms with van der Waals surface area (Å²) in [5.74, 6) is -0.234. The molecule has 0 aliphatic heterocycles. The average Bonchev–Trinajstić information content (AvgIpc) is 3.19. The van der Waals surface area contributed by atoms with Crippen LogP contribution in [0.2, 0.25) is 0 Å². The van der Waals surface area contributed by atoms with Crippen LogP contribution in [0.4, 0.5) is 5.82 Å². The van der Waals surface area contributed by atoms with E-state index in [-0.39, 0.29) is 29.1 Å². The van der Waals surface area contributed by atoms with E-state index in [1.165, 1.54) is 0 Å². The number of rotatable bonds is 5. The molecule has 3 aromatic heterocycles. The molecule has 35 heavy (non-hydrogen) atoms. The van der Waals surface area contributed by atoms with Gasteiger partial charge in [0, 0.05) is 42.8 Å². The molecule has 1 amide bonds. The largest absolute Gasteiger partial charge is 0.351 e. The van der Waals surface area contributed by atoms with Gasteiger partial charge in [-0.3, -0.25) is 19.1 Å². The molecule has 1 saturated carbocycles. The first kappa shape index (κ1) is 21.2. The Balaban J connectivity index is 1.43. The predicted molar refractivity (Wildman–Crippen MR) is 129 cm³/mol. The number of carbonyl (C=O) groups excluding carboxylic acids is 3. The van der Waals surface area contributed by atoms with Gasteiger partial charge in [-0.15, -0.1) is 0 Å². The molecule has 4 aromatic rings. The van der Waals surface area contributed by atoms with Crippen molar-refractivity contribution < 1.29 is 14.4 Å². The lowest BCUT2D eigenvalue weighted by Crippen LogP contribution is -2.27. The van der Waals surface area contributed by atoms with E-state index >= 15 is 0 Å². The van der Waals surface area contributed by atoms with E-state index in [1.807, 2.05) is 37.3 Å². The van der Waals surface area contributed by atoms with Crippen molar-refractivity contribution in [1.29, 1.82) is 0 Å². The van der Waals surface area contributed by atoms with Crippen LogP contribution in [-0.4, -0.2) is 37.2 Å². The monoisotopic (exact) mass is 465 g/mol. The third-order valence-electron chi connectivity index (χ3n) is 7.11. The van der Waals surface area contributed by atoms with E-state index in [2.05, 4.69) is 20.4 Å². The fourth-order valence-corrected chi connectivity index (χ4v) is 5.03. The van der Waals surface area contributed by atoms with Gasteiger partial charge in [0.15, 0.2) is 17.3 Å². The number of benzene rings is 1. The quantitative estimate of drug-likeness (QED) is 0.462. The molecule has 0 bridgehead atoms. The zero-order chi connectivity index (χ0) is 24.3. The number of amides is 1. The van der Waals surface area contributed by atoms with Crippen molar-refractivity contribution in [2.45, 2.75) is 19.8 Å². The number of hydrogen-bond acceptors (Lipinski definition) is 5. The number of aromatic amines is 1. The summed E-state index contributed by atoms with van der Waals surface area (Å²) in [6.45, 7) is 1.87. The topological polar surface area (TPSA) is 110 Å². The second-order valence-electron chi connectivity index (χ2n) is 9.52. The number of fused-ring (bicyclic) bond motifs is 2. The lowest BCUT2D eigenvalue weighted by Gasteiger charge is -2.16. The number of carbonyl (C=O) groups is 3. The predicted octanol–water partition coefficient (Wildman–Crippen LogP) is 4.06. The van der Waals surface area contributed by atoms with Gasteiger partial charge < -0.3 is 10.3 Å². The minimum atomic E-state index is -0.601. The molecule has 1 aromatic carbocycles. The number of ketones is 2. The number of nitrogens with one attached hydrogen (secondary N) is 2. The molecule has 0 spiro atoms. The van der Waals surface area contributed by atoms with Crippen molar-refractivity contribution in [1.82, 2.24) is 19.7 Å². The third kappa shape index (κ3) is 3.41. The molecule has 2 atom stereocenters. The van der Waals surface area contributed by atoms with Crippen molar-refractivity contribution in [3.63, 3.8) is 0 Å². The Morgan fingerprint density at radius 1 is 1.17 bits per heavy atom. The van der Waals surface area contributed by atoms with Crippen LogP contribution in [0.15, 0.2) is 60.9 Å². The number of pyridine rings is 1. The van der Waals surface area contributed by atoms with Crippen LogP contribution in [0.5, 0.6) is 0 Å². The highest BCUT2D eigenvalue weighted by Crippen LogP contribution is 2.59. The van der Waals surface area contributed by atoms with E-state index in [4.69, 9.17) is 0 Å². The second kappa shape index (κ2) is 7.59. The van der Waals surface area contributed by atoms with Crippen molar-refractivity contribution in [2.24, 2.45) is 18.4 Å². The highest BCUT2D eigenvalue weighted by atomic mass is 16.2. The van der Waals surface area contributed by atoms with Gasteiger partial charge in [-0.25, -0.2) is 4.98 Å². The Hall–Kier alpha value is -4.33. The number of anilines is 1. The van der Waals surface area contributed by atoms with Gasteiger partial charge in [0.05, 0.1) is 17.0 Å². The summed E-state index contributed by atoms with van der Waals surface area (Å²) in [4.78, 5) is 46.8. The normalized spacial score (nSPS) is 20.3. The Bertz CT molecular complexity index is 1520. The molecule has 0 saturated heterocycles. The Morgan fingerprint density at radius 3 is 2.71 bits per heavy atom. The molecular formula is C27H23N5O3. The summed E-state index contributed by atoms with van der Waals surface area (Å²) >= 11 is 0. The zero-order valence-electron chi connectivity index (χ0n) is 19.3. The molecule has 8 nitrogen and oxygen atoms in total. The summed E-state index contributed by atoms with van der Waals surface area (Å²) in [6.07, 6.45) is 4.39. The molecule has 6 rings (SSSR count). The second-order valence-corrected chi connectivity index (χ2v) is 9.52. The van der Waals surface area contributed by atoms with Crippen LogP contribution >= 0.6 is 0 Å². The van der Waals surface area contributed by atoms with Crippen LogP contribution in [0.25, 0.3) is 11.3 Å². The third-order valence-corrected chi connectivity index (χ3v) is 7.11. The Labute approximate surface area is 201 Å². The summed E-state index contributed by atoms with van der Waals surface area (Å²) in [7, 11) is 1.74. The standard InChI is InChI=1S/C27H23N5O3/c1-27-14-18(27)24(33)21-17(12-15-6-4-3-5-7-15)22(30-23(21)25(27)34)16-8-10-28-20(13-16)29-26(35)19-9-11-32(2)31-19/h3-11,13,18,30H,12,14H2,1-2H3,(H,28,29,35)/t18-,27-/m1/s1. The van der Waals surface area contributed by atoms with Gasteiger partial charge in [-0.2, -0.15) is 5.10 Å². The number of nitrogens with zero attached hydrogens (tertiary/aromatic N) is 3. The minimum absolute atomic E-state index is 0.00426. The fraction of sp³-hybridized carbons (Fsp3) is 0.222. The number of H-pyrrole nitrogens is 1. The van der Waals surface area contributed by atoms with Crippen molar-refractivity contribution >= 4 is 23.3 Å². The van der Waals surface area contributed by atoms with Gasteiger partial charge in [0.2, 0.25) is 0 Å². The van der Waals surface area contributed by atoms with Crippen LogP contribution in [0.3, 0.4) is 0 Å². The molecule has 8 heteroatoms. The molecular weight excluding hydrogens is 442 g/mol. The van der Waals surface area contributed by atoms with Crippen molar-refractivity contribution in [3.05, 3.63) is 89.0 Å². The minimum Gasteiger partial charge on any atom is -0.351 e. The maximum absolute atomic E-state index is 13.4. The summed E-state index contributed by atoms with van der Waals surface area (Å²) < 4.78 is 1.55. The number of aryl methyl sites for hydroxylation is 1. The Kier molecular flexibility index (Phi) is 4.60.